The maximum Gasteiger partial charge on any atom is 0.166 e. The van der Waals surface area contributed by atoms with Crippen LogP contribution in [0.15, 0.2) is 72.7 Å². The van der Waals surface area contributed by atoms with Gasteiger partial charge in [0.1, 0.15) is 11.6 Å². The van der Waals surface area contributed by atoms with Gasteiger partial charge in [0.15, 0.2) is 5.78 Å². The standard InChI is InChI=1S/C30H35N5O2/c1-37-28-10-8-25(9-11-28)30(36)26-12-19-34(20-13-26)29-3-2-16-32-35(29)27-14-17-33(18-15-27)22-24-6-4-23(21-31)5-7-24/h2-11,16,26-27,32H,12-15,17-20,22H2,1H3. The maximum absolute atomic E-state index is 13.1. The molecule has 0 aliphatic carbocycles. The molecule has 0 spiro atoms. The van der Waals surface area contributed by atoms with E-state index in [-0.39, 0.29) is 11.7 Å². The number of nitriles is 1. The van der Waals surface area contributed by atoms with Gasteiger partial charge < -0.3 is 15.1 Å². The van der Waals surface area contributed by atoms with Crippen LogP contribution in [0.5, 0.6) is 5.75 Å². The number of carbonyl (C=O) groups is 1. The van der Waals surface area contributed by atoms with Crippen LogP contribution in [0.1, 0.15) is 47.2 Å². The lowest BCUT2D eigenvalue weighted by Crippen LogP contribution is -2.53. The summed E-state index contributed by atoms with van der Waals surface area (Å²) in [5.41, 5.74) is 6.23. The van der Waals surface area contributed by atoms with E-state index in [4.69, 9.17) is 10.00 Å². The van der Waals surface area contributed by atoms with Crippen molar-refractivity contribution in [2.45, 2.75) is 38.3 Å². The molecule has 2 aromatic carbocycles. The van der Waals surface area contributed by atoms with E-state index in [0.29, 0.717) is 11.6 Å². The van der Waals surface area contributed by atoms with Crippen LogP contribution >= 0.6 is 0 Å². The second kappa shape index (κ2) is 11.5. The lowest BCUT2D eigenvalue weighted by Gasteiger charge is -2.45. The van der Waals surface area contributed by atoms with Crippen LogP contribution in [0.4, 0.5) is 0 Å². The summed E-state index contributed by atoms with van der Waals surface area (Å²) in [7, 11) is 1.64. The molecule has 2 fully saturated rings. The predicted octanol–water partition coefficient (Wildman–Crippen LogP) is 4.30. The average Bonchev–Trinajstić information content (AvgIpc) is 2.98. The number of methoxy groups -OCH3 is 1. The third-order valence-electron chi connectivity index (χ3n) is 7.78. The average molecular weight is 498 g/mol. The molecule has 0 amide bonds. The first kappa shape index (κ1) is 24.9. The predicted molar refractivity (Wildman–Crippen MR) is 143 cm³/mol. The van der Waals surface area contributed by atoms with E-state index >= 15 is 0 Å². The highest BCUT2D eigenvalue weighted by molar-refractivity contribution is 5.98. The number of piperidine rings is 2. The van der Waals surface area contributed by atoms with Crippen LogP contribution in [0.2, 0.25) is 0 Å². The summed E-state index contributed by atoms with van der Waals surface area (Å²) in [6, 6.07) is 18.0. The van der Waals surface area contributed by atoms with Crippen molar-refractivity contribution < 1.29 is 9.53 Å². The van der Waals surface area contributed by atoms with E-state index in [1.54, 1.807) is 7.11 Å². The minimum atomic E-state index is 0.0660. The largest absolute Gasteiger partial charge is 0.497 e. The third-order valence-corrected chi connectivity index (χ3v) is 7.78. The van der Waals surface area contributed by atoms with E-state index in [1.807, 2.05) is 42.6 Å². The summed E-state index contributed by atoms with van der Waals surface area (Å²) in [5, 5.41) is 11.4. The Morgan fingerprint density at radius 1 is 1.00 bits per heavy atom. The zero-order valence-electron chi connectivity index (χ0n) is 21.5. The first-order valence-corrected chi connectivity index (χ1v) is 13.2. The van der Waals surface area contributed by atoms with Crippen molar-refractivity contribution >= 4 is 5.78 Å². The summed E-state index contributed by atoms with van der Waals surface area (Å²) in [6.45, 7) is 4.75. The Hall–Kier alpha value is -3.76. The van der Waals surface area contributed by atoms with Gasteiger partial charge in [-0.3, -0.25) is 14.7 Å². The quantitative estimate of drug-likeness (QED) is 0.572. The van der Waals surface area contributed by atoms with Crippen molar-refractivity contribution in [1.29, 1.82) is 5.26 Å². The highest BCUT2D eigenvalue weighted by atomic mass is 16.5. The Bertz CT molecular complexity index is 1170. The number of likely N-dealkylation sites (tertiary alicyclic amines) is 2. The number of hydrazine groups is 1. The van der Waals surface area contributed by atoms with Crippen LogP contribution in [0, 0.1) is 17.2 Å². The van der Waals surface area contributed by atoms with Crippen LogP contribution < -0.4 is 10.2 Å². The van der Waals surface area contributed by atoms with Gasteiger partial charge in [-0.1, -0.05) is 12.1 Å². The number of Topliss-reactive ketones (excluding diaryl/α,β-unsaturated/α-hetero) is 1. The van der Waals surface area contributed by atoms with Gasteiger partial charge in [-0.05, 0) is 79.8 Å². The number of nitrogens with zero attached hydrogens (tertiary/aromatic N) is 4. The number of benzene rings is 2. The molecule has 3 aliphatic heterocycles. The molecular weight excluding hydrogens is 462 g/mol. The lowest BCUT2D eigenvalue weighted by molar-refractivity contribution is 0.0586. The van der Waals surface area contributed by atoms with Gasteiger partial charge in [0.05, 0.1) is 24.8 Å². The Morgan fingerprint density at radius 2 is 1.70 bits per heavy atom. The molecule has 0 saturated carbocycles. The molecule has 3 aliphatic rings. The molecule has 3 heterocycles. The normalized spacial score (nSPS) is 19.2. The Morgan fingerprint density at radius 3 is 2.35 bits per heavy atom. The number of nitrogens with one attached hydrogen (secondary N) is 1. The Balaban J connectivity index is 1.14. The second-order valence-electron chi connectivity index (χ2n) is 10.1. The number of ketones is 1. The number of hydrogen-bond donors (Lipinski definition) is 1. The fourth-order valence-electron chi connectivity index (χ4n) is 5.59. The highest BCUT2D eigenvalue weighted by Gasteiger charge is 2.32. The zero-order chi connectivity index (χ0) is 25.6. The topological polar surface area (TPSA) is 71.8 Å². The van der Waals surface area contributed by atoms with Crippen molar-refractivity contribution in [3.05, 3.63) is 89.4 Å². The lowest BCUT2D eigenvalue weighted by atomic mass is 9.89. The first-order chi connectivity index (χ1) is 18.1. The number of carbonyl (C=O) groups excluding carboxylic acids is 1. The zero-order valence-corrected chi connectivity index (χ0v) is 21.5. The van der Waals surface area contributed by atoms with Crippen LogP contribution in [-0.2, 0) is 6.54 Å². The summed E-state index contributed by atoms with van der Waals surface area (Å²) in [4.78, 5) is 18.0. The van der Waals surface area contributed by atoms with Gasteiger partial charge in [-0.15, -0.1) is 0 Å². The van der Waals surface area contributed by atoms with E-state index in [9.17, 15) is 4.79 Å². The summed E-state index contributed by atoms with van der Waals surface area (Å²) < 4.78 is 5.22. The van der Waals surface area contributed by atoms with E-state index in [0.717, 1.165) is 69.7 Å². The number of rotatable bonds is 7. The minimum Gasteiger partial charge on any atom is -0.497 e. The van der Waals surface area contributed by atoms with Crippen LogP contribution in [0.3, 0.4) is 0 Å². The molecule has 2 aromatic rings. The molecule has 37 heavy (non-hydrogen) atoms. The van der Waals surface area contributed by atoms with Crippen molar-refractivity contribution in [1.82, 2.24) is 20.2 Å². The van der Waals surface area contributed by atoms with Crippen molar-refractivity contribution in [3.63, 3.8) is 0 Å². The Labute approximate surface area is 219 Å². The van der Waals surface area contributed by atoms with E-state index in [1.165, 1.54) is 11.4 Å². The summed E-state index contributed by atoms with van der Waals surface area (Å²) in [6.07, 6.45) is 10.2. The Kier molecular flexibility index (Phi) is 7.76. The second-order valence-corrected chi connectivity index (χ2v) is 10.1. The van der Waals surface area contributed by atoms with Crippen molar-refractivity contribution in [2.75, 3.05) is 33.3 Å². The van der Waals surface area contributed by atoms with E-state index in [2.05, 4.69) is 50.6 Å². The van der Waals surface area contributed by atoms with Crippen LogP contribution in [0.25, 0.3) is 0 Å². The smallest absolute Gasteiger partial charge is 0.166 e. The number of ether oxygens (including phenoxy) is 1. The van der Waals surface area contributed by atoms with Gasteiger partial charge >= 0.3 is 0 Å². The van der Waals surface area contributed by atoms with Gasteiger partial charge in [0.2, 0.25) is 0 Å². The highest BCUT2D eigenvalue weighted by Crippen LogP contribution is 2.29. The SMILES string of the molecule is COc1ccc(C(=O)C2CCN(C3=CC=CNN3C3CCN(Cc4ccc(C#N)cc4)CC3)CC2)cc1. The van der Waals surface area contributed by atoms with Gasteiger partial charge in [0.25, 0.3) is 0 Å². The molecule has 192 valence electrons. The molecule has 0 atom stereocenters. The van der Waals surface area contributed by atoms with Gasteiger partial charge in [-0.2, -0.15) is 5.26 Å². The minimum absolute atomic E-state index is 0.0660. The van der Waals surface area contributed by atoms with Crippen molar-refractivity contribution in [3.8, 4) is 11.8 Å². The summed E-state index contributed by atoms with van der Waals surface area (Å²) >= 11 is 0. The van der Waals surface area contributed by atoms with Gasteiger partial charge in [-0.25, -0.2) is 0 Å². The molecule has 1 N–H and O–H groups in total. The fraction of sp³-hybridized carbons (Fsp3) is 0.400. The molecule has 5 rings (SSSR count). The number of hydrogen-bond acceptors (Lipinski definition) is 7. The van der Waals surface area contributed by atoms with Crippen molar-refractivity contribution in [2.24, 2.45) is 5.92 Å². The third kappa shape index (κ3) is 5.81. The molecular formula is C30H35N5O2. The molecule has 7 nitrogen and oxygen atoms in total. The number of allylic oxidation sites excluding steroid dienone is 2. The van der Waals surface area contributed by atoms with Crippen LogP contribution in [-0.4, -0.2) is 59.9 Å². The first-order valence-electron chi connectivity index (χ1n) is 13.2. The monoisotopic (exact) mass is 497 g/mol. The van der Waals surface area contributed by atoms with Gasteiger partial charge in [0, 0.05) is 50.4 Å². The molecule has 2 saturated heterocycles. The van der Waals surface area contributed by atoms with E-state index < -0.39 is 0 Å². The molecule has 0 bridgehead atoms. The fourth-order valence-corrected chi connectivity index (χ4v) is 5.59. The maximum atomic E-state index is 13.1. The molecule has 0 aromatic heterocycles. The summed E-state index contributed by atoms with van der Waals surface area (Å²) in [5.74, 6) is 2.29. The molecule has 0 radical (unpaired) electrons. The molecule has 0 unspecified atom stereocenters. The molecule has 7 heteroatoms.